The van der Waals surface area contributed by atoms with E-state index < -0.39 is 0 Å². The zero-order chi connectivity index (χ0) is 29.7. The number of hydrogen-bond donors (Lipinski definition) is 0. The fourth-order valence-electron chi connectivity index (χ4n) is 8.60. The van der Waals surface area contributed by atoms with Crippen molar-refractivity contribution in [3.05, 3.63) is 133 Å². The Balaban J connectivity index is 1.34. The lowest BCUT2D eigenvalue weighted by molar-refractivity contribution is 1.02. The molecule has 0 amide bonds. The first kappa shape index (κ1) is 23.2. The molecule has 210 valence electrons. The fraction of sp³-hybridized carbons (Fsp3) is 0. The molecule has 4 aromatic heterocycles. The first-order chi connectivity index (χ1) is 22.8. The average Bonchev–Trinajstić information content (AvgIpc) is 3.83. The Labute approximate surface area is 261 Å². The molecular formula is C42H22N4. The predicted molar refractivity (Wildman–Crippen MR) is 190 cm³/mol. The van der Waals surface area contributed by atoms with Gasteiger partial charge in [0.1, 0.15) is 0 Å². The number of benzene rings is 7. The van der Waals surface area contributed by atoms with Crippen molar-refractivity contribution in [3.8, 4) is 28.3 Å². The first-order valence-corrected chi connectivity index (χ1v) is 15.8. The molecule has 4 heterocycles. The third-order valence-corrected chi connectivity index (χ3v) is 10.4. The lowest BCUT2D eigenvalue weighted by atomic mass is 9.98. The summed E-state index contributed by atoms with van der Waals surface area (Å²) in [5, 5.41) is 11.2. The van der Waals surface area contributed by atoms with E-state index in [9.17, 15) is 0 Å². The van der Waals surface area contributed by atoms with Crippen LogP contribution in [-0.4, -0.2) is 18.9 Å². The van der Waals surface area contributed by atoms with E-state index in [0.29, 0.717) is 5.95 Å². The third-order valence-electron chi connectivity index (χ3n) is 10.4. The zero-order valence-electron chi connectivity index (χ0n) is 24.5. The Bertz CT molecular complexity index is 3140. The van der Waals surface area contributed by atoms with Gasteiger partial charge in [-0.15, -0.1) is 0 Å². The molecule has 4 heteroatoms. The second-order valence-electron chi connectivity index (χ2n) is 12.5. The van der Waals surface area contributed by atoms with Crippen LogP contribution in [0.1, 0.15) is 0 Å². The summed E-state index contributed by atoms with van der Waals surface area (Å²) >= 11 is 0. The summed E-state index contributed by atoms with van der Waals surface area (Å²) in [6, 6.07) is 48.4. The lowest BCUT2D eigenvalue weighted by Crippen LogP contribution is -2.02. The second-order valence-corrected chi connectivity index (χ2v) is 12.5. The van der Waals surface area contributed by atoms with E-state index >= 15 is 0 Å². The van der Waals surface area contributed by atoms with Gasteiger partial charge in [-0.3, -0.25) is 4.57 Å². The number of nitrogens with zero attached hydrogens (tertiary/aromatic N) is 4. The first-order valence-electron chi connectivity index (χ1n) is 15.8. The standard InChI is InChI=1S/C42H22N4/c1-2-11-24-23(10-1)20-21-34-37(24)39-38-29-15-6-8-19-33(29)46(35(38)22-30-26-13-5-7-18-32(26)45(34)41(30)39)42-43-31-17-9-16-27-25-12-3-4-14-28(25)40(44-42)36(27)31/h1-22H. The molecule has 12 rings (SSSR count). The van der Waals surface area contributed by atoms with Gasteiger partial charge in [0.2, 0.25) is 5.95 Å². The summed E-state index contributed by atoms with van der Waals surface area (Å²) in [5.41, 5.74) is 11.6. The highest BCUT2D eigenvalue weighted by atomic mass is 15.2. The Morgan fingerprint density at radius 2 is 1.13 bits per heavy atom. The number of rotatable bonds is 1. The van der Waals surface area contributed by atoms with Gasteiger partial charge in [-0.1, -0.05) is 103 Å². The highest BCUT2D eigenvalue weighted by Gasteiger charge is 2.28. The molecule has 0 radical (unpaired) electrons. The molecule has 7 aromatic carbocycles. The van der Waals surface area contributed by atoms with E-state index in [1.165, 1.54) is 76.3 Å². The molecular weight excluding hydrogens is 560 g/mol. The Hall–Kier alpha value is -6.26. The van der Waals surface area contributed by atoms with Crippen molar-refractivity contribution in [2.45, 2.75) is 0 Å². The van der Waals surface area contributed by atoms with Crippen LogP contribution < -0.4 is 0 Å². The highest BCUT2D eigenvalue weighted by molar-refractivity contribution is 6.38. The van der Waals surface area contributed by atoms with Crippen LogP contribution in [-0.2, 0) is 0 Å². The normalized spacial score (nSPS) is 12.8. The molecule has 4 nitrogen and oxygen atoms in total. The minimum atomic E-state index is 0.703. The van der Waals surface area contributed by atoms with Crippen molar-refractivity contribution < 1.29 is 0 Å². The van der Waals surface area contributed by atoms with Crippen LogP contribution in [0.4, 0.5) is 0 Å². The van der Waals surface area contributed by atoms with Crippen LogP contribution in [0, 0.1) is 0 Å². The minimum absolute atomic E-state index is 0.703. The minimum Gasteiger partial charge on any atom is -0.308 e. The van der Waals surface area contributed by atoms with Crippen molar-refractivity contribution >= 4 is 81.6 Å². The summed E-state index contributed by atoms with van der Waals surface area (Å²) < 4.78 is 4.79. The average molecular weight is 583 g/mol. The molecule has 0 atom stereocenters. The predicted octanol–water partition coefficient (Wildman–Crippen LogP) is 10.7. The van der Waals surface area contributed by atoms with Gasteiger partial charge in [0.05, 0.1) is 38.8 Å². The van der Waals surface area contributed by atoms with Crippen LogP contribution >= 0.6 is 0 Å². The van der Waals surface area contributed by atoms with Crippen molar-refractivity contribution in [1.82, 2.24) is 18.9 Å². The van der Waals surface area contributed by atoms with Gasteiger partial charge in [-0.25, -0.2) is 9.97 Å². The summed E-state index contributed by atoms with van der Waals surface area (Å²) in [5.74, 6) is 0.703. The fourth-order valence-corrected chi connectivity index (χ4v) is 8.60. The topological polar surface area (TPSA) is 35.1 Å². The Morgan fingerprint density at radius 3 is 2.04 bits per heavy atom. The quantitative estimate of drug-likeness (QED) is 0.193. The number of aromatic nitrogens is 4. The third kappa shape index (κ3) is 2.57. The lowest BCUT2D eigenvalue weighted by Gasteiger charge is -2.10. The van der Waals surface area contributed by atoms with Crippen LogP contribution in [0.15, 0.2) is 133 Å². The smallest absolute Gasteiger partial charge is 0.235 e. The van der Waals surface area contributed by atoms with Gasteiger partial charge < -0.3 is 4.40 Å². The van der Waals surface area contributed by atoms with Gasteiger partial charge in [-0.2, -0.15) is 0 Å². The Morgan fingerprint density at radius 1 is 0.413 bits per heavy atom. The molecule has 46 heavy (non-hydrogen) atoms. The van der Waals surface area contributed by atoms with Gasteiger partial charge in [0.15, 0.2) is 0 Å². The molecule has 0 fully saturated rings. The largest absolute Gasteiger partial charge is 0.308 e. The van der Waals surface area contributed by atoms with E-state index in [1.54, 1.807) is 0 Å². The zero-order valence-corrected chi connectivity index (χ0v) is 24.5. The van der Waals surface area contributed by atoms with E-state index in [0.717, 1.165) is 27.6 Å². The van der Waals surface area contributed by atoms with Gasteiger partial charge in [0, 0.05) is 43.3 Å². The molecule has 0 spiro atoms. The Kier molecular flexibility index (Phi) is 3.96. The van der Waals surface area contributed by atoms with E-state index in [1.807, 2.05) is 0 Å². The number of para-hydroxylation sites is 2. The molecule has 0 bridgehead atoms. The molecule has 0 aliphatic heterocycles. The maximum absolute atomic E-state index is 5.39. The van der Waals surface area contributed by atoms with Crippen molar-refractivity contribution in [3.63, 3.8) is 0 Å². The van der Waals surface area contributed by atoms with E-state index in [2.05, 4.69) is 142 Å². The molecule has 1 aliphatic carbocycles. The maximum atomic E-state index is 5.39. The summed E-state index contributed by atoms with van der Waals surface area (Å²) in [6.07, 6.45) is 0. The van der Waals surface area contributed by atoms with E-state index in [4.69, 9.17) is 9.97 Å². The number of fused-ring (bicyclic) bond motifs is 15. The SMILES string of the molecule is c1ccc2c(c1)-c1cccc3nc(-n4c5ccccc5c5c6c7c8ccccc8ccc7n7c8ccccc8c(cc54)c67)nc-2c13. The van der Waals surface area contributed by atoms with Crippen LogP contribution in [0.3, 0.4) is 0 Å². The molecule has 11 aromatic rings. The van der Waals surface area contributed by atoms with Crippen LogP contribution in [0.25, 0.3) is 110 Å². The van der Waals surface area contributed by atoms with E-state index in [-0.39, 0.29) is 0 Å². The molecule has 0 N–H and O–H groups in total. The molecule has 0 unspecified atom stereocenters. The highest BCUT2D eigenvalue weighted by Crippen LogP contribution is 2.49. The molecule has 0 saturated carbocycles. The monoisotopic (exact) mass is 582 g/mol. The van der Waals surface area contributed by atoms with Gasteiger partial charge in [-0.05, 0) is 52.2 Å². The van der Waals surface area contributed by atoms with Gasteiger partial charge in [0.25, 0.3) is 0 Å². The van der Waals surface area contributed by atoms with Crippen molar-refractivity contribution in [2.75, 3.05) is 0 Å². The van der Waals surface area contributed by atoms with Crippen molar-refractivity contribution in [1.29, 1.82) is 0 Å². The van der Waals surface area contributed by atoms with Crippen LogP contribution in [0.5, 0.6) is 0 Å². The summed E-state index contributed by atoms with van der Waals surface area (Å²) in [7, 11) is 0. The summed E-state index contributed by atoms with van der Waals surface area (Å²) in [4.78, 5) is 10.7. The molecule has 1 aliphatic rings. The summed E-state index contributed by atoms with van der Waals surface area (Å²) in [6.45, 7) is 0. The number of hydrogen-bond acceptors (Lipinski definition) is 2. The second kappa shape index (κ2) is 7.87. The molecule has 0 saturated heterocycles. The van der Waals surface area contributed by atoms with Gasteiger partial charge >= 0.3 is 0 Å². The van der Waals surface area contributed by atoms with Crippen molar-refractivity contribution in [2.24, 2.45) is 0 Å². The maximum Gasteiger partial charge on any atom is 0.235 e. The van der Waals surface area contributed by atoms with Crippen LogP contribution in [0.2, 0.25) is 0 Å².